The summed E-state index contributed by atoms with van der Waals surface area (Å²) in [6.45, 7) is 2.29. The van der Waals surface area contributed by atoms with E-state index in [-0.39, 0.29) is 24.4 Å². The number of rotatable bonds is 7. The number of aromatic carboxylic acids is 1. The Labute approximate surface area is 189 Å². The maximum atomic E-state index is 12.4. The number of hydrogen-bond acceptors (Lipinski definition) is 5. The van der Waals surface area contributed by atoms with Crippen molar-refractivity contribution < 1.29 is 19.4 Å². The lowest BCUT2D eigenvalue weighted by Crippen LogP contribution is -2.24. The molecule has 0 saturated heterocycles. The molecule has 162 valence electrons. The van der Waals surface area contributed by atoms with Crippen molar-refractivity contribution in [1.82, 2.24) is 10.3 Å². The Morgan fingerprint density at radius 1 is 1.06 bits per heavy atom. The van der Waals surface area contributed by atoms with Crippen molar-refractivity contribution in [3.8, 4) is 16.9 Å². The summed E-state index contributed by atoms with van der Waals surface area (Å²) in [7, 11) is 1.66. The second-order valence-corrected chi connectivity index (χ2v) is 8.55. The Balaban J connectivity index is 1.45. The molecule has 7 heteroatoms. The molecule has 0 bridgehead atoms. The van der Waals surface area contributed by atoms with Crippen molar-refractivity contribution in [3.63, 3.8) is 0 Å². The SMILES string of the molecule is COc1ccc(-c2ccc3nc(CC(=O)NCc4cccc(C(=O)O)c4)sc3c2)cc1C. The second kappa shape index (κ2) is 9.20. The van der Waals surface area contributed by atoms with Crippen LogP contribution in [0.2, 0.25) is 0 Å². The largest absolute Gasteiger partial charge is 0.496 e. The molecule has 4 rings (SSSR count). The van der Waals surface area contributed by atoms with Crippen LogP contribution in [0.5, 0.6) is 5.75 Å². The number of carbonyl (C=O) groups is 2. The van der Waals surface area contributed by atoms with E-state index in [0.29, 0.717) is 0 Å². The number of carbonyl (C=O) groups excluding carboxylic acids is 1. The van der Waals surface area contributed by atoms with Crippen LogP contribution in [0.4, 0.5) is 0 Å². The Morgan fingerprint density at radius 3 is 2.59 bits per heavy atom. The predicted molar refractivity (Wildman–Crippen MR) is 125 cm³/mol. The number of carboxylic acid groups (broad SMARTS) is 1. The van der Waals surface area contributed by atoms with E-state index in [4.69, 9.17) is 9.84 Å². The Hall–Kier alpha value is -3.71. The van der Waals surface area contributed by atoms with E-state index in [1.54, 1.807) is 25.3 Å². The number of nitrogens with one attached hydrogen (secondary N) is 1. The lowest BCUT2D eigenvalue weighted by molar-refractivity contribution is -0.120. The van der Waals surface area contributed by atoms with E-state index in [2.05, 4.69) is 22.4 Å². The number of nitrogens with zero attached hydrogens (tertiary/aromatic N) is 1. The van der Waals surface area contributed by atoms with Gasteiger partial charge in [0.05, 0.1) is 29.3 Å². The van der Waals surface area contributed by atoms with Crippen LogP contribution in [0.15, 0.2) is 60.7 Å². The van der Waals surface area contributed by atoms with Crippen LogP contribution in [-0.4, -0.2) is 29.1 Å². The summed E-state index contributed by atoms with van der Waals surface area (Å²) in [5.74, 6) is -0.289. The van der Waals surface area contributed by atoms with Crippen molar-refractivity contribution in [2.45, 2.75) is 19.9 Å². The van der Waals surface area contributed by atoms with Gasteiger partial charge in [-0.1, -0.05) is 24.3 Å². The van der Waals surface area contributed by atoms with E-state index >= 15 is 0 Å². The summed E-state index contributed by atoms with van der Waals surface area (Å²) in [6, 6.07) is 18.7. The molecule has 0 aliphatic carbocycles. The molecule has 0 unspecified atom stereocenters. The molecule has 0 aliphatic rings. The summed E-state index contributed by atoms with van der Waals surface area (Å²) in [5, 5.41) is 12.7. The smallest absolute Gasteiger partial charge is 0.335 e. The lowest BCUT2D eigenvalue weighted by Gasteiger charge is -2.07. The molecule has 1 amide bonds. The fourth-order valence-electron chi connectivity index (χ4n) is 3.50. The number of ether oxygens (including phenoxy) is 1. The number of amides is 1. The van der Waals surface area contributed by atoms with E-state index < -0.39 is 5.97 Å². The highest BCUT2D eigenvalue weighted by atomic mass is 32.1. The lowest BCUT2D eigenvalue weighted by atomic mass is 10.0. The van der Waals surface area contributed by atoms with Gasteiger partial charge < -0.3 is 15.2 Å². The molecular weight excluding hydrogens is 424 g/mol. The Bertz CT molecular complexity index is 1310. The van der Waals surface area contributed by atoms with Gasteiger partial charge in [-0.15, -0.1) is 11.3 Å². The highest BCUT2D eigenvalue weighted by Crippen LogP contribution is 2.31. The molecule has 3 aromatic carbocycles. The first-order valence-electron chi connectivity index (χ1n) is 10.1. The van der Waals surface area contributed by atoms with Crippen molar-refractivity contribution >= 4 is 33.4 Å². The molecule has 2 N–H and O–H groups in total. The molecule has 0 fully saturated rings. The zero-order valence-electron chi connectivity index (χ0n) is 17.7. The first-order valence-corrected chi connectivity index (χ1v) is 10.9. The number of benzene rings is 3. The van der Waals surface area contributed by atoms with Crippen molar-refractivity contribution in [2.24, 2.45) is 0 Å². The minimum absolute atomic E-state index is 0.157. The van der Waals surface area contributed by atoms with Crippen molar-refractivity contribution in [2.75, 3.05) is 7.11 Å². The number of thiazole rings is 1. The average Bonchev–Trinajstić information content (AvgIpc) is 3.19. The summed E-state index contributed by atoms with van der Waals surface area (Å²) < 4.78 is 6.36. The molecule has 0 radical (unpaired) electrons. The van der Waals surface area contributed by atoms with E-state index in [1.807, 2.05) is 31.2 Å². The van der Waals surface area contributed by atoms with Gasteiger partial charge in [-0.25, -0.2) is 9.78 Å². The van der Waals surface area contributed by atoms with Gasteiger partial charge in [0.25, 0.3) is 0 Å². The molecule has 0 spiro atoms. The standard InChI is InChI=1S/C25H22N2O4S/c1-15-10-17(7-9-21(15)31-2)18-6-8-20-22(12-18)32-24(27-20)13-23(28)26-14-16-4-3-5-19(11-16)25(29)30/h3-12H,13-14H2,1-2H3,(H,26,28)(H,29,30). The van der Waals surface area contributed by atoms with Gasteiger partial charge in [-0.05, 0) is 65.6 Å². The summed E-state index contributed by atoms with van der Waals surface area (Å²) in [6.07, 6.45) is 0.176. The number of aryl methyl sites for hydroxylation is 1. The van der Waals surface area contributed by atoms with Crippen LogP contribution < -0.4 is 10.1 Å². The second-order valence-electron chi connectivity index (χ2n) is 7.43. The first kappa shape index (κ1) is 21.5. The maximum Gasteiger partial charge on any atom is 0.335 e. The van der Waals surface area contributed by atoms with Gasteiger partial charge in [0.15, 0.2) is 0 Å². The highest BCUT2D eigenvalue weighted by molar-refractivity contribution is 7.18. The molecule has 0 aliphatic heterocycles. The van der Waals surface area contributed by atoms with Crippen LogP contribution in [0.1, 0.15) is 26.5 Å². The number of methoxy groups -OCH3 is 1. The van der Waals surface area contributed by atoms with E-state index in [0.717, 1.165) is 43.2 Å². The highest BCUT2D eigenvalue weighted by Gasteiger charge is 2.11. The number of fused-ring (bicyclic) bond motifs is 1. The summed E-state index contributed by atoms with van der Waals surface area (Å²) >= 11 is 1.50. The first-order chi connectivity index (χ1) is 15.4. The van der Waals surface area contributed by atoms with Gasteiger partial charge >= 0.3 is 5.97 Å². The molecule has 0 atom stereocenters. The third-order valence-corrected chi connectivity index (χ3v) is 6.15. The number of carboxylic acids is 1. The topological polar surface area (TPSA) is 88.5 Å². The zero-order valence-corrected chi connectivity index (χ0v) is 18.5. The molecule has 32 heavy (non-hydrogen) atoms. The van der Waals surface area contributed by atoms with Crippen molar-refractivity contribution in [1.29, 1.82) is 0 Å². The average molecular weight is 447 g/mol. The predicted octanol–water partition coefficient (Wildman–Crippen LogP) is 4.84. The summed E-state index contributed by atoms with van der Waals surface area (Å²) in [5.41, 5.74) is 5.05. The quantitative estimate of drug-likeness (QED) is 0.424. The maximum absolute atomic E-state index is 12.4. The van der Waals surface area contributed by atoms with Gasteiger partial charge in [0.2, 0.25) is 5.91 Å². The third kappa shape index (κ3) is 4.78. The number of aromatic nitrogens is 1. The summed E-state index contributed by atoms with van der Waals surface area (Å²) in [4.78, 5) is 28.1. The molecule has 1 heterocycles. The fraction of sp³-hybridized carbons (Fsp3) is 0.160. The minimum atomic E-state index is -0.989. The normalized spacial score (nSPS) is 10.8. The number of hydrogen-bond donors (Lipinski definition) is 2. The Kier molecular flexibility index (Phi) is 6.18. The van der Waals surface area contributed by atoms with Gasteiger partial charge in [-0.3, -0.25) is 4.79 Å². The third-order valence-electron chi connectivity index (χ3n) is 5.14. The monoisotopic (exact) mass is 446 g/mol. The van der Waals surface area contributed by atoms with Gasteiger partial charge in [0, 0.05) is 6.54 Å². The van der Waals surface area contributed by atoms with Gasteiger partial charge in [-0.2, -0.15) is 0 Å². The molecular formula is C25H22N2O4S. The van der Waals surface area contributed by atoms with Crippen LogP contribution in [0.3, 0.4) is 0 Å². The minimum Gasteiger partial charge on any atom is -0.496 e. The Morgan fingerprint density at radius 2 is 1.84 bits per heavy atom. The van der Waals surface area contributed by atoms with Crippen LogP contribution in [-0.2, 0) is 17.8 Å². The van der Waals surface area contributed by atoms with Crippen molar-refractivity contribution in [3.05, 3.63) is 82.4 Å². The fourth-order valence-corrected chi connectivity index (χ4v) is 4.51. The molecule has 1 aromatic heterocycles. The zero-order chi connectivity index (χ0) is 22.7. The van der Waals surface area contributed by atoms with E-state index in [1.165, 1.54) is 17.4 Å². The van der Waals surface area contributed by atoms with Crippen LogP contribution >= 0.6 is 11.3 Å². The van der Waals surface area contributed by atoms with Crippen LogP contribution in [0, 0.1) is 6.92 Å². The molecule has 4 aromatic rings. The van der Waals surface area contributed by atoms with Gasteiger partial charge in [0.1, 0.15) is 10.8 Å². The van der Waals surface area contributed by atoms with E-state index in [9.17, 15) is 9.59 Å². The van der Waals surface area contributed by atoms with Crippen LogP contribution in [0.25, 0.3) is 21.3 Å². The molecule has 6 nitrogen and oxygen atoms in total. The molecule has 0 saturated carbocycles.